The Bertz CT molecular complexity index is 549. The molecular formula is C13H16N2O3. The molecule has 2 aromatic rings. The van der Waals surface area contributed by atoms with Crippen molar-refractivity contribution in [2.24, 2.45) is 0 Å². The summed E-state index contributed by atoms with van der Waals surface area (Å²) in [4.78, 5) is 4.37. The minimum Gasteiger partial charge on any atom is -0.497 e. The van der Waals surface area contributed by atoms with Crippen molar-refractivity contribution in [1.82, 2.24) is 4.98 Å². The fourth-order valence-corrected chi connectivity index (χ4v) is 1.75. The molecule has 96 valence electrons. The van der Waals surface area contributed by atoms with Gasteiger partial charge in [0.05, 0.1) is 14.2 Å². The molecule has 0 aliphatic rings. The fraction of sp³-hybridized carbons (Fsp3) is 0.308. The molecule has 0 spiro atoms. The first-order valence-corrected chi connectivity index (χ1v) is 5.57. The van der Waals surface area contributed by atoms with Crippen LogP contribution in [0.15, 0.2) is 22.6 Å². The molecule has 0 aliphatic heterocycles. The highest BCUT2D eigenvalue weighted by atomic mass is 16.5. The Morgan fingerprint density at radius 2 is 2.00 bits per heavy atom. The van der Waals surface area contributed by atoms with Crippen LogP contribution in [0.2, 0.25) is 0 Å². The molecule has 0 aliphatic carbocycles. The summed E-state index contributed by atoms with van der Waals surface area (Å²) in [6.45, 7) is 1.86. The van der Waals surface area contributed by atoms with Gasteiger partial charge in [0, 0.05) is 12.6 Å². The Morgan fingerprint density at radius 3 is 2.56 bits per heavy atom. The van der Waals surface area contributed by atoms with Gasteiger partial charge in [-0.25, -0.2) is 0 Å². The first-order chi connectivity index (χ1) is 8.69. The number of oxazole rings is 1. The molecule has 1 heterocycles. The fourth-order valence-electron chi connectivity index (χ4n) is 1.75. The molecule has 0 amide bonds. The Labute approximate surface area is 106 Å². The van der Waals surface area contributed by atoms with E-state index >= 15 is 0 Å². The van der Waals surface area contributed by atoms with E-state index in [2.05, 4.69) is 10.3 Å². The summed E-state index contributed by atoms with van der Waals surface area (Å²) in [5, 5.41) is 2.87. The smallest absolute Gasteiger partial charge is 0.295 e. The number of aromatic nitrogens is 1. The van der Waals surface area contributed by atoms with Crippen molar-refractivity contribution in [1.29, 1.82) is 0 Å². The highest BCUT2D eigenvalue weighted by Gasteiger charge is 2.16. The van der Waals surface area contributed by atoms with E-state index in [-0.39, 0.29) is 0 Å². The Balaban J connectivity index is 2.56. The summed E-state index contributed by atoms with van der Waals surface area (Å²) in [5.41, 5.74) is 1.59. The molecule has 0 atom stereocenters. The zero-order valence-corrected chi connectivity index (χ0v) is 10.9. The summed E-state index contributed by atoms with van der Waals surface area (Å²) in [6, 6.07) is 6.05. The molecule has 18 heavy (non-hydrogen) atoms. The number of anilines is 1. The lowest BCUT2D eigenvalue weighted by atomic mass is 10.1. The van der Waals surface area contributed by atoms with Gasteiger partial charge in [-0.1, -0.05) is 0 Å². The van der Waals surface area contributed by atoms with E-state index in [1.807, 2.05) is 25.1 Å². The molecule has 0 unspecified atom stereocenters. The topological polar surface area (TPSA) is 56.5 Å². The van der Waals surface area contributed by atoms with E-state index in [0.717, 1.165) is 28.5 Å². The first kappa shape index (κ1) is 12.3. The zero-order chi connectivity index (χ0) is 13.1. The van der Waals surface area contributed by atoms with E-state index < -0.39 is 0 Å². The van der Waals surface area contributed by atoms with Gasteiger partial charge in [-0.3, -0.25) is 0 Å². The van der Waals surface area contributed by atoms with Crippen LogP contribution in [0.5, 0.6) is 11.5 Å². The number of nitrogens with zero attached hydrogens (tertiary/aromatic N) is 1. The number of methoxy groups -OCH3 is 2. The maximum absolute atomic E-state index is 5.47. The van der Waals surface area contributed by atoms with Crippen molar-refractivity contribution >= 4 is 6.01 Å². The average Bonchev–Trinajstić information content (AvgIpc) is 2.79. The van der Waals surface area contributed by atoms with Crippen LogP contribution in [0, 0.1) is 6.92 Å². The molecule has 0 bridgehead atoms. The van der Waals surface area contributed by atoms with Crippen LogP contribution in [0.1, 0.15) is 5.76 Å². The molecule has 5 heteroatoms. The zero-order valence-electron chi connectivity index (χ0n) is 10.9. The Morgan fingerprint density at radius 1 is 1.22 bits per heavy atom. The highest BCUT2D eigenvalue weighted by molar-refractivity contribution is 5.71. The van der Waals surface area contributed by atoms with Crippen LogP contribution in [-0.2, 0) is 0 Å². The average molecular weight is 248 g/mol. The second kappa shape index (κ2) is 5.00. The van der Waals surface area contributed by atoms with Crippen molar-refractivity contribution in [2.45, 2.75) is 6.92 Å². The number of hydrogen-bond acceptors (Lipinski definition) is 5. The largest absolute Gasteiger partial charge is 0.497 e. The maximum Gasteiger partial charge on any atom is 0.295 e. The van der Waals surface area contributed by atoms with Crippen molar-refractivity contribution in [3.05, 3.63) is 24.0 Å². The van der Waals surface area contributed by atoms with Crippen molar-refractivity contribution < 1.29 is 13.9 Å². The number of nitrogens with one attached hydrogen (secondary N) is 1. The summed E-state index contributed by atoms with van der Waals surface area (Å²) in [7, 11) is 5.01. The lowest BCUT2D eigenvalue weighted by Crippen LogP contribution is -1.92. The molecule has 0 fully saturated rings. The Hall–Kier alpha value is -2.17. The predicted octanol–water partition coefficient (Wildman–Crippen LogP) is 2.71. The van der Waals surface area contributed by atoms with Crippen molar-refractivity contribution in [3.8, 4) is 22.8 Å². The van der Waals surface area contributed by atoms with Gasteiger partial charge < -0.3 is 19.2 Å². The molecule has 1 aromatic heterocycles. The third kappa shape index (κ3) is 2.11. The van der Waals surface area contributed by atoms with E-state index in [4.69, 9.17) is 13.9 Å². The van der Waals surface area contributed by atoms with E-state index in [9.17, 15) is 0 Å². The second-order valence-corrected chi connectivity index (χ2v) is 3.74. The summed E-state index contributed by atoms with van der Waals surface area (Å²) >= 11 is 0. The molecule has 0 saturated heterocycles. The van der Waals surface area contributed by atoms with Crippen LogP contribution in [0.3, 0.4) is 0 Å². The van der Waals surface area contributed by atoms with Gasteiger partial charge >= 0.3 is 0 Å². The quantitative estimate of drug-likeness (QED) is 0.901. The van der Waals surface area contributed by atoms with Crippen LogP contribution >= 0.6 is 0 Å². The highest BCUT2D eigenvalue weighted by Crippen LogP contribution is 2.35. The van der Waals surface area contributed by atoms with Gasteiger partial charge in [-0.15, -0.1) is 0 Å². The second-order valence-electron chi connectivity index (χ2n) is 3.74. The molecule has 0 saturated carbocycles. The normalized spacial score (nSPS) is 10.2. The number of hydrogen-bond donors (Lipinski definition) is 1. The first-order valence-electron chi connectivity index (χ1n) is 5.57. The Kier molecular flexibility index (Phi) is 3.41. The van der Waals surface area contributed by atoms with Crippen LogP contribution in [-0.4, -0.2) is 26.3 Å². The van der Waals surface area contributed by atoms with Gasteiger partial charge in [0.1, 0.15) is 23.0 Å². The third-order valence-electron chi connectivity index (χ3n) is 2.67. The number of benzene rings is 1. The maximum atomic E-state index is 5.47. The van der Waals surface area contributed by atoms with E-state index in [0.29, 0.717) is 6.01 Å². The van der Waals surface area contributed by atoms with Gasteiger partial charge in [0.15, 0.2) is 0 Å². The van der Waals surface area contributed by atoms with Crippen LogP contribution < -0.4 is 14.8 Å². The van der Waals surface area contributed by atoms with Crippen molar-refractivity contribution in [2.75, 3.05) is 26.6 Å². The number of aryl methyl sites for hydroxylation is 1. The summed E-state index contributed by atoms with van der Waals surface area (Å²) in [6.07, 6.45) is 0. The molecule has 2 rings (SSSR count). The summed E-state index contributed by atoms with van der Waals surface area (Å²) < 4.78 is 16.0. The molecule has 5 nitrogen and oxygen atoms in total. The lowest BCUT2D eigenvalue weighted by Gasteiger charge is -2.08. The van der Waals surface area contributed by atoms with E-state index in [1.165, 1.54) is 0 Å². The SMILES string of the molecule is CNc1nc(-c2cc(OC)ccc2OC)c(C)o1. The van der Waals surface area contributed by atoms with Crippen LogP contribution in [0.4, 0.5) is 6.01 Å². The van der Waals surface area contributed by atoms with Gasteiger partial charge in [0.2, 0.25) is 0 Å². The van der Waals surface area contributed by atoms with Gasteiger partial charge in [-0.2, -0.15) is 4.98 Å². The molecule has 1 N–H and O–H groups in total. The van der Waals surface area contributed by atoms with E-state index in [1.54, 1.807) is 21.3 Å². The lowest BCUT2D eigenvalue weighted by molar-refractivity contribution is 0.404. The standard InChI is InChI=1S/C13H16N2O3/c1-8-12(15-13(14-2)18-8)10-7-9(16-3)5-6-11(10)17-4/h5-7H,1-4H3,(H,14,15). The molecule has 0 radical (unpaired) electrons. The van der Waals surface area contributed by atoms with Gasteiger partial charge in [0.25, 0.3) is 6.01 Å². The van der Waals surface area contributed by atoms with Crippen LogP contribution in [0.25, 0.3) is 11.3 Å². The predicted molar refractivity (Wildman–Crippen MR) is 69.3 cm³/mol. The minimum absolute atomic E-state index is 0.479. The number of ether oxygens (including phenoxy) is 2. The monoisotopic (exact) mass is 248 g/mol. The van der Waals surface area contributed by atoms with Crippen molar-refractivity contribution in [3.63, 3.8) is 0 Å². The summed E-state index contributed by atoms with van der Waals surface area (Å²) in [5.74, 6) is 2.21. The third-order valence-corrected chi connectivity index (χ3v) is 2.67. The molecular weight excluding hydrogens is 232 g/mol. The minimum atomic E-state index is 0.479. The van der Waals surface area contributed by atoms with Gasteiger partial charge in [-0.05, 0) is 25.1 Å². The molecule has 1 aromatic carbocycles. The number of rotatable bonds is 4.